The largest absolute Gasteiger partial charge is 0.496 e. The molecule has 2 N–H and O–H groups in total. The number of rotatable bonds is 5. The van der Waals surface area contributed by atoms with Gasteiger partial charge in [-0.2, -0.15) is 5.10 Å². The molecule has 1 aromatic carbocycles. The fraction of sp³-hybridized carbons (Fsp3) is 0.391. The van der Waals surface area contributed by atoms with Crippen LogP contribution in [0.25, 0.3) is 5.52 Å². The predicted molar refractivity (Wildman–Crippen MR) is 114 cm³/mol. The number of aliphatic hydroxyl groups excluding tert-OH is 1. The van der Waals surface area contributed by atoms with Crippen LogP contribution in [0.4, 0.5) is 10.1 Å². The highest BCUT2D eigenvalue weighted by atomic mass is 19.1. The third kappa shape index (κ3) is 3.61. The fourth-order valence-electron chi connectivity index (χ4n) is 4.66. The van der Waals surface area contributed by atoms with Crippen LogP contribution in [0.5, 0.6) is 5.75 Å². The van der Waals surface area contributed by atoms with Crippen molar-refractivity contribution >= 4 is 17.1 Å². The molecule has 1 unspecified atom stereocenters. The van der Waals surface area contributed by atoms with E-state index in [2.05, 4.69) is 15.3 Å². The van der Waals surface area contributed by atoms with E-state index in [4.69, 9.17) is 4.74 Å². The number of anilines is 1. The van der Waals surface area contributed by atoms with Crippen molar-refractivity contribution in [2.75, 3.05) is 18.6 Å². The van der Waals surface area contributed by atoms with Gasteiger partial charge in [0, 0.05) is 30.0 Å². The van der Waals surface area contributed by atoms with Gasteiger partial charge in [0.25, 0.3) is 5.91 Å². The van der Waals surface area contributed by atoms with E-state index in [1.54, 1.807) is 30.0 Å². The number of amides is 1. The van der Waals surface area contributed by atoms with E-state index in [-0.39, 0.29) is 29.9 Å². The first-order valence-corrected chi connectivity index (χ1v) is 10.6. The molecule has 0 spiro atoms. The number of pyridine rings is 1. The average Bonchev–Trinajstić information content (AvgIpc) is 3.39. The van der Waals surface area contributed by atoms with Gasteiger partial charge in [0.2, 0.25) is 0 Å². The van der Waals surface area contributed by atoms with E-state index in [0.29, 0.717) is 29.7 Å². The Balaban J connectivity index is 1.46. The van der Waals surface area contributed by atoms with Gasteiger partial charge >= 0.3 is 0 Å². The predicted octanol–water partition coefficient (Wildman–Crippen LogP) is 3.08. The molecule has 0 bridgehead atoms. The topological polar surface area (TPSA) is 79.1 Å². The molecule has 1 saturated heterocycles. The molecule has 31 heavy (non-hydrogen) atoms. The second kappa shape index (κ2) is 7.85. The van der Waals surface area contributed by atoms with Crippen molar-refractivity contribution in [3.63, 3.8) is 0 Å². The molecule has 0 radical (unpaired) electrons. The summed E-state index contributed by atoms with van der Waals surface area (Å²) in [6.07, 6.45) is 6.12. The van der Waals surface area contributed by atoms with Crippen LogP contribution in [-0.4, -0.2) is 46.4 Å². The Hall–Kier alpha value is -3.13. The van der Waals surface area contributed by atoms with Crippen molar-refractivity contribution in [3.05, 3.63) is 59.7 Å². The van der Waals surface area contributed by atoms with Gasteiger partial charge in [0.05, 0.1) is 36.5 Å². The smallest absolute Gasteiger partial charge is 0.255 e. The number of halogens is 1. The molecule has 1 atom stereocenters. The minimum atomic E-state index is -0.326. The Labute approximate surface area is 179 Å². The number of methoxy groups -OCH3 is 1. The Bertz CT molecular complexity index is 1130. The van der Waals surface area contributed by atoms with Crippen LogP contribution in [0.2, 0.25) is 0 Å². The van der Waals surface area contributed by atoms with Crippen molar-refractivity contribution < 1.29 is 19.0 Å². The molecule has 1 amide bonds. The van der Waals surface area contributed by atoms with E-state index in [0.717, 1.165) is 30.6 Å². The molecular weight excluding hydrogens is 399 g/mol. The minimum Gasteiger partial charge on any atom is -0.496 e. The number of nitrogens with one attached hydrogen (secondary N) is 1. The summed E-state index contributed by atoms with van der Waals surface area (Å²) in [4.78, 5) is 15.0. The van der Waals surface area contributed by atoms with E-state index in [1.165, 1.54) is 6.07 Å². The third-order valence-corrected chi connectivity index (χ3v) is 6.33. The summed E-state index contributed by atoms with van der Waals surface area (Å²) >= 11 is 0. The summed E-state index contributed by atoms with van der Waals surface area (Å²) in [6, 6.07) is 8.54. The van der Waals surface area contributed by atoms with Crippen LogP contribution >= 0.6 is 0 Å². The zero-order valence-corrected chi connectivity index (χ0v) is 17.3. The molecule has 1 saturated carbocycles. The summed E-state index contributed by atoms with van der Waals surface area (Å²) < 4.78 is 21.2. The maximum absolute atomic E-state index is 14.0. The van der Waals surface area contributed by atoms with Gasteiger partial charge in [0.1, 0.15) is 11.6 Å². The molecule has 1 aliphatic heterocycles. The molecule has 2 fully saturated rings. The second-order valence-electron chi connectivity index (χ2n) is 8.31. The maximum atomic E-state index is 14.0. The molecule has 2 aliphatic rings. The number of nitrogens with zero attached hydrogens (tertiary/aromatic N) is 3. The van der Waals surface area contributed by atoms with Gasteiger partial charge in [-0.05, 0) is 56.0 Å². The number of hydrogen-bond donors (Lipinski definition) is 2. The highest BCUT2D eigenvalue weighted by Gasteiger charge is 2.31. The quantitative estimate of drug-likeness (QED) is 0.658. The van der Waals surface area contributed by atoms with Crippen molar-refractivity contribution in [3.8, 4) is 5.75 Å². The van der Waals surface area contributed by atoms with Crippen LogP contribution in [0.1, 0.15) is 47.6 Å². The second-order valence-corrected chi connectivity index (χ2v) is 8.31. The normalized spacial score (nSPS) is 23.1. The van der Waals surface area contributed by atoms with E-state index in [9.17, 15) is 14.3 Å². The van der Waals surface area contributed by atoms with Gasteiger partial charge in [-0.1, -0.05) is 0 Å². The number of ether oxygens (including phenoxy) is 1. The van der Waals surface area contributed by atoms with Gasteiger partial charge < -0.3 is 20.1 Å². The Morgan fingerprint density at radius 3 is 2.90 bits per heavy atom. The molecule has 8 heteroatoms. The average molecular weight is 424 g/mol. The van der Waals surface area contributed by atoms with Crippen LogP contribution < -0.4 is 15.0 Å². The van der Waals surface area contributed by atoms with Crippen molar-refractivity contribution in [2.24, 2.45) is 0 Å². The number of hydrogen-bond acceptors (Lipinski definition) is 5. The molecule has 7 nitrogen and oxygen atoms in total. The highest BCUT2D eigenvalue weighted by molar-refractivity contribution is 6.01. The maximum Gasteiger partial charge on any atom is 0.255 e. The highest BCUT2D eigenvalue weighted by Crippen LogP contribution is 2.40. The number of fused-ring (bicyclic) bond motifs is 1. The summed E-state index contributed by atoms with van der Waals surface area (Å²) in [7, 11) is 1.60. The first-order chi connectivity index (χ1) is 15.0. The van der Waals surface area contributed by atoms with Crippen LogP contribution in [-0.2, 0) is 0 Å². The van der Waals surface area contributed by atoms with Crippen LogP contribution in [0.15, 0.2) is 42.7 Å². The summed E-state index contributed by atoms with van der Waals surface area (Å²) in [5, 5.41) is 16.7. The lowest BCUT2D eigenvalue weighted by Gasteiger charge is -2.31. The first-order valence-electron chi connectivity index (χ1n) is 10.6. The Morgan fingerprint density at radius 1 is 1.29 bits per heavy atom. The monoisotopic (exact) mass is 424 g/mol. The van der Waals surface area contributed by atoms with Gasteiger partial charge in [0.15, 0.2) is 0 Å². The molecule has 2 aromatic heterocycles. The zero-order chi connectivity index (χ0) is 21.5. The van der Waals surface area contributed by atoms with Gasteiger partial charge in [-0.25, -0.2) is 8.91 Å². The molecule has 162 valence electrons. The number of carbonyl (C=O) groups is 1. The molecule has 3 heterocycles. The summed E-state index contributed by atoms with van der Waals surface area (Å²) in [5.41, 5.74) is 3.00. The lowest BCUT2D eigenvalue weighted by molar-refractivity contribution is 0.0563. The Morgan fingerprint density at radius 2 is 2.13 bits per heavy atom. The van der Waals surface area contributed by atoms with Crippen molar-refractivity contribution in [2.45, 2.75) is 43.9 Å². The van der Waals surface area contributed by atoms with Crippen molar-refractivity contribution in [1.29, 1.82) is 0 Å². The third-order valence-electron chi connectivity index (χ3n) is 6.33. The van der Waals surface area contributed by atoms with Crippen molar-refractivity contribution in [1.82, 2.24) is 14.9 Å². The van der Waals surface area contributed by atoms with E-state index in [1.807, 2.05) is 18.3 Å². The van der Waals surface area contributed by atoms with Crippen LogP contribution in [0.3, 0.4) is 0 Å². The van der Waals surface area contributed by atoms with Gasteiger partial charge in [-0.3, -0.25) is 4.79 Å². The minimum absolute atomic E-state index is 0.00374. The molecular formula is C23H25FN4O3. The lowest BCUT2D eigenvalue weighted by Crippen LogP contribution is -2.46. The Kier molecular flexibility index (Phi) is 5.02. The van der Waals surface area contributed by atoms with Crippen LogP contribution in [0, 0.1) is 5.82 Å². The number of benzene rings is 1. The number of aromatic nitrogens is 2. The summed E-state index contributed by atoms with van der Waals surface area (Å²) in [6.45, 7) is 0.830. The van der Waals surface area contributed by atoms with E-state index >= 15 is 0 Å². The fourth-order valence-corrected chi connectivity index (χ4v) is 4.66. The number of carbonyl (C=O) groups excluding carboxylic acids is 1. The molecule has 1 aliphatic carbocycles. The van der Waals surface area contributed by atoms with E-state index < -0.39 is 0 Å². The standard InChI is InChI=1S/C23H25FN4O3/c1-31-22-5-4-14(24)9-18(22)20-3-2-7-27(20)16-6-8-28-21(12-16)19(13-25-28)23(30)26-15-10-17(29)11-15/h4-6,8-9,12-13,15,17,20,29H,2-3,7,10-11H2,1H3,(H,26,30). The summed E-state index contributed by atoms with van der Waals surface area (Å²) in [5.74, 6) is 0.203. The molecule has 5 rings (SSSR count). The number of aliphatic hydroxyl groups is 1. The SMILES string of the molecule is COc1ccc(F)cc1C1CCCN1c1ccn2ncc(C(=O)NC3CC(O)C3)c2c1. The van der Waals surface area contributed by atoms with Gasteiger partial charge in [-0.15, -0.1) is 0 Å². The lowest BCUT2D eigenvalue weighted by atomic mass is 9.89. The molecule has 3 aromatic rings. The zero-order valence-electron chi connectivity index (χ0n) is 17.3. The first kappa shape index (κ1) is 19.8.